The zero-order chi connectivity index (χ0) is 66.8. The van der Waals surface area contributed by atoms with Crippen LogP contribution in [0.1, 0.15) is 178 Å². The van der Waals surface area contributed by atoms with Crippen LogP contribution in [0.25, 0.3) is 0 Å². The second-order valence-electron chi connectivity index (χ2n) is 27.1. The average Bonchev–Trinajstić information content (AvgIpc) is 1.70. The number of rotatable bonds is 37. The number of benzene rings is 3. The van der Waals surface area contributed by atoms with Gasteiger partial charge in [-0.2, -0.15) is 0 Å². The lowest BCUT2D eigenvalue weighted by Crippen LogP contribution is -2.59. The van der Waals surface area contributed by atoms with Crippen molar-refractivity contribution in [3.63, 3.8) is 0 Å². The van der Waals surface area contributed by atoms with Crippen molar-refractivity contribution >= 4 is 47.1 Å². The summed E-state index contributed by atoms with van der Waals surface area (Å²) in [6.45, 7) is 9.11. The molecule has 0 aromatic heterocycles. The number of allylic oxidation sites excluding steroid dienone is 3. The third kappa shape index (κ3) is 20.5. The highest BCUT2D eigenvalue weighted by Gasteiger charge is 2.50. The van der Waals surface area contributed by atoms with E-state index in [9.17, 15) is 38.4 Å². The fourth-order valence-corrected chi connectivity index (χ4v) is 15.1. The smallest absolute Gasteiger partial charge is 0.247 e. The Hall–Kier alpha value is -7.06. The average molecular weight is 1290 g/mol. The summed E-state index contributed by atoms with van der Waals surface area (Å²) in [5, 5.41) is 28.8. The van der Waals surface area contributed by atoms with E-state index in [0.29, 0.717) is 109 Å². The van der Waals surface area contributed by atoms with Gasteiger partial charge in [0.05, 0.1) is 18.1 Å². The van der Waals surface area contributed by atoms with Gasteiger partial charge in [-0.15, -0.1) is 0 Å². The Morgan fingerprint density at radius 3 is 1.51 bits per heavy atom. The van der Waals surface area contributed by atoms with E-state index in [1.165, 1.54) is 5.56 Å². The molecule has 19 nitrogen and oxygen atoms in total. The number of unbranched alkanes of at least 4 members (excludes halogenated alkanes) is 5. The molecule has 7 amide bonds. The minimum Gasteiger partial charge on any atom is -0.354 e. The summed E-state index contributed by atoms with van der Waals surface area (Å²) in [6, 6.07) is 23.5. The monoisotopic (exact) mass is 1290 g/mol. The lowest BCUT2D eigenvalue weighted by Gasteiger charge is -2.34. The minimum atomic E-state index is -0.972. The van der Waals surface area contributed by atoms with Crippen LogP contribution >= 0.6 is 0 Å². The number of carbonyl (C=O) groups is 8. The quantitative estimate of drug-likeness (QED) is 0.0251. The molecule has 3 aromatic rings. The van der Waals surface area contributed by atoms with Crippen molar-refractivity contribution in [2.75, 3.05) is 33.7 Å². The van der Waals surface area contributed by atoms with Crippen LogP contribution in [0.15, 0.2) is 115 Å². The topological polar surface area (TPSA) is 251 Å². The first-order chi connectivity index (χ1) is 45.7. The summed E-state index contributed by atoms with van der Waals surface area (Å²) >= 11 is 0. The molecule has 4 heterocycles. The van der Waals surface area contributed by atoms with Gasteiger partial charge >= 0.3 is 0 Å². The Kier molecular flexibility index (Phi) is 29.3. The Balaban J connectivity index is 0.787. The van der Waals surface area contributed by atoms with Crippen LogP contribution in [-0.2, 0) is 51.4 Å². The standard InChI is InChI=1S/C75H109N11O8/c1-6-60(76-4)69(88)83-67-56(43-46-78-49-52-27-17-12-18-28-52)35-37-58-39-41-62(85(58)74(67)93)71(90)81-65(54-31-21-14-22-32-54)64(87)48-51(3)26-16-10-8-9-11-25-45-80-73(92)66(55-33-23-15-24-34-55)82-72(91)63-42-40-59-38-36-57(44-47-79-50-53-29-19-13-20-30-53)68(75(94)86(59)63)84-70(89)61(7-2)77-5/h12-15,17-24,27-31,33-34,51,54,56-63,65-68,76-79H,6-11,16,25-26,32,35-50H2,1-5H3,(H,80,92)(H,81,90)(H,82,91)(H,83,88)(H,84,89). The van der Waals surface area contributed by atoms with Gasteiger partial charge in [0.25, 0.3) is 0 Å². The molecule has 14 atom stereocenters. The molecule has 4 fully saturated rings. The van der Waals surface area contributed by atoms with Crippen molar-refractivity contribution in [3.8, 4) is 0 Å². The van der Waals surface area contributed by atoms with Crippen molar-refractivity contribution < 1.29 is 38.4 Å². The van der Waals surface area contributed by atoms with Gasteiger partial charge in [-0.3, -0.25) is 38.4 Å². The van der Waals surface area contributed by atoms with E-state index in [1.54, 1.807) is 23.9 Å². The first-order valence-electron chi connectivity index (χ1n) is 35.6. The molecule has 14 unspecified atom stereocenters. The molecule has 0 bridgehead atoms. The maximum Gasteiger partial charge on any atom is 0.247 e. The summed E-state index contributed by atoms with van der Waals surface area (Å²) < 4.78 is 0. The maximum atomic E-state index is 14.9. The van der Waals surface area contributed by atoms with Crippen molar-refractivity contribution in [1.82, 2.24) is 57.7 Å². The van der Waals surface area contributed by atoms with Gasteiger partial charge in [-0.25, -0.2) is 0 Å². The zero-order valence-corrected chi connectivity index (χ0v) is 56.6. The molecule has 0 spiro atoms. The Bertz CT molecular complexity index is 2960. The van der Waals surface area contributed by atoms with E-state index in [4.69, 9.17) is 0 Å². The van der Waals surface area contributed by atoms with Crippen LogP contribution in [0, 0.1) is 23.7 Å². The summed E-state index contributed by atoms with van der Waals surface area (Å²) in [4.78, 5) is 118. The number of hydrogen-bond donors (Lipinski definition) is 9. The van der Waals surface area contributed by atoms with Crippen LogP contribution in [0.3, 0.4) is 0 Å². The summed E-state index contributed by atoms with van der Waals surface area (Å²) in [7, 11) is 3.48. The van der Waals surface area contributed by atoms with E-state index >= 15 is 0 Å². The van der Waals surface area contributed by atoms with E-state index in [-0.39, 0.29) is 82.9 Å². The van der Waals surface area contributed by atoms with Gasteiger partial charge < -0.3 is 57.7 Å². The number of likely N-dealkylation sites (N-methyl/N-ethyl adjacent to an activating group) is 2. The van der Waals surface area contributed by atoms with Gasteiger partial charge in [0, 0.05) is 44.1 Å². The molecule has 9 N–H and O–H groups in total. The molecule has 19 heteroatoms. The molecule has 4 saturated heterocycles. The molecular formula is C75H109N11O8. The number of fused-ring (bicyclic) bond motifs is 2. The largest absolute Gasteiger partial charge is 0.354 e. The Morgan fingerprint density at radius 2 is 1.02 bits per heavy atom. The summed E-state index contributed by atoms with van der Waals surface area (Å²) in [5.74, 6) is -2.34. The van der Waals surface area contributed by atoms with Crippen LogP contribution in [0.2, 0.25) is 0 Å². The summed E-state index contributed by atoms with van der Waals surface area (Å²) in [6.07, 6.45) is 23.0. The van der Waals surface area contributed by atoms with Crippen molar-refractivity contribution in [2.45, 2.75) is 229 Å². The predicted octanol–water partition coefficient (Wildman–Crippen LogP) is 7.77. The number of nitrogens with zero attached hydrogens (tertiary/aromatic N) is 2. The molecule has 5 aliphatic rings. The molecular weight excluding hydrogens is 1180 g/mol. The van der Waals surface area contributed by atoms with Crippen molar-refractivity contribution in [3.05, 3.63) is 132 Å². The fraction of sp³-hybridized carbons (Fsp3) is 0.600. The maximum absolute atomic E-state index is 14.9. The second kappa shape index (κ2) is 37.9. The molecule has 0 radical (unpaired) electrons. The van der Waals surface area contributed by atoms with Gasteiger partial charge in [0.1, 0.15) is 30.2 Å². The van der Waals surface area contributed by atoms with E-state index in [1.807, 2.05) is 105 Å². The number of carbonyl (C=O) groups excluding carboxylic acids is 8. The van der Waals surface area contributed by atoms with Crippen LogP contribution in [0.4, 0.5) is 0 Å². The normalized spacial score (nSPS) is 24.2. The van der Waals surface area contributed by atoms with E-state index in [2.05, 4.69) is 79.0 Å². The van der Waals surface area contributed by atoms with Gasteiger partial charge in [-0.05, 0) is 152 Å². The number of Topliss-reactive ketones (excluding diaryl/α,β-unsaturated/α-hetero) is 1. The van der Waals surface area contributed by atoms with Gasteiger partial charge in [0.15, 0.2) is 5.78 Å². The third-order valence-corrected chi connectivity index (χ3v) is 20.5. The molecule has 0 saturated carbocycles. The van der Waals surface area contributed by atoms with E-state index < -0.39 is 48.3 Å². The molecule has 94 heavy (non-hydrogen) atoms. The van der Waals surface area contributed by atoms with Crippen LogP contribution in [0.5, 0.6) is 0 Å². The molecule has 1 aliphatic carbocycles. The van der Waals surface area contributed by atoms with Crippen LogP contribution < -0.4 is 47.9 Å². The van der Waals surface area contributed by atoms with Gasteiger partial charge in [-0.1, -0.05) is 175 Å². The SMILES string of the molecule is CCC(NC)C(=O)NC1C(=O)N2C(CCC1CCNCc1ccccc1)CCC2C(=O)NC(C(=O)NCCCCCCCCC(C)CC(=O)C(NC(=O)C1CCC2CCC(CCNCc3ccccc3)C(NC(=O)C(CC)NC)C(=O)N21)C1C=CC=CC1)c1ccccc1. The first-order valence-corrected chi connectivity index (χ1v) is 35.6. The molecule has 8 rings (SSSR count). The Labute approximate surface area is 559 Å². The second-order valence-corrected chi connectivity index (χ2v) is 27.1. The third-order valence-electron chi connectivity index (χ3n) is 20.5. The zero-order valence-electron chi connectivity index (χ0n) is 56.6. The first kappa shape index (κ1) is 72.8. The van der Waals surface area contributed by atoms with Crippen molar-refractivity contribution in [2.24, 2.45) is 23.7 Å². The number of hydrogen-bond acceptors (Lipinski definition) is 12. The Morgan fingerprint density at radius 1 is 0.543 bits per heavy atom. The number of ketones is 1. The number of amides is 7. The minimum absolute atomic E-state index is 0.0115. The highest BCUT2D eigenvalue weighted by molar-refractivity contribution is 5.97. The van der Waals surface area contributed by atoms with Crippen LogP contribution in [-0.4, -0.2) is 145 Å². The predicted molar refractivity (Wildman–Crippen MR) is 368 cm³/mol. The highest BCUT2D eigenvalue weighted by atomic mass is 16.2. The lowest BCUT2D eigenvalue weighted by molar-refractivity contribution is -0.144. The molecule has 4 aliphatic heterocycles. The molecule has 512 valence electrons. The van der Waals surface area contributed by atoms with Crippen molar-refractivity contribution in [1.29, 1.82) is 0 Å². The lowest BCUT2D eigenvalue weighted by atomic mass is 9.85. The van der Waals surface area contributed by atoms with E-state index in [0.717, 1.165) is 69.8 Å². The van der Waals surface area contributed by atoms with Gasteiger partial charge in [0.2, 0.25) is 41.4 Å². The molecule has 3 aromatic carbocycles. The summed E-state index contributed by atoms with van der Waals surface area (Å²) in [5.41, 5.74) is 2.98. The number of nitrogens with one attached hydrogen (secondary N) is 9. The fourth-order valence-electron chi connectivity index (χ4n) is 15.1. The highest BCUT2D eigenvalue weighted by Crippen LogP contribution is 2.38.